The molecule has 110 valence electrons. The Morgan fingerprint density at radius 1 is 1.24 bits per heavy atom. The lowest BCUT2D eigenvalue weighted by Gasteiger charge is -2.10. The summed E-state index contributed by atoms with van der Waals surface area (Å²) in [4.78, 5) is 10.6. The summed E-state index contributed by atoms with van der Waals surface area (Å²) in [6.45, 7) is 0.546. The average Bonchev–Trinajstić information content (AvgIpc) is 2.47. The normalized spacial score (nSPS) is 10.1. The molecule has 2 rings (SSSR count). The second-order valence-corrected chi connectivity index (χ2v) is 4.49. The van der Waals surface area contributed by atoms with Gasteiger partial charge in [-0.1, -0.05) is 24.3 Å². The number of hydrogen-bond donors (Lipinski definition) is 2. The van der Waals surface area contributed by atoms with Gasteiger partial charge in [0.1, 0.15) is 17.1 Å². The molecule has 0 amide bonds. The summed E-state index contributed by atoms with van der Waals surface area (Å²) in [5, 5.41) is 14.1. The largest absolute Gasteiger partial charge is 0.496 e. The smallest absolute Gasteiger partial charge is 0.314 e. The number of methoxy groups -OCH3 is 1. The first-order valence-electron chi connectivity index (χ1n) is 6.52. The van der Waals surface area contributed by atoms with Crippen molar-refractivity contribution >= 4 is 17.1 Å². The van der Waals surface area contributed by atoms with Crippen molar-refractivity contribution in [3.8, 4) is 5.75 Å². The highest BCUT2D eigenvalue weighted by Crippen LogP contribution is 2.30. The van der Waals surface area contributed by atoms with Crippen LogP contribution in [0.4, 0.5) is 17.1 Å². The van der Waals surface area contributed by atoms with Crippen molar-refractivity contribution in [1.29, 1.82) is 0 Å². The predicted molar refractivity (Wildman–Crippen MR) is 82.7 cm³/mol. The van der Waals surface area contributed by atoms with Gasteiger partial charge in [-0.25, -0.2) is 0 Å². The molecule has 2 aromatic rings. The van der Waals surface area contributed by atoms with Gasteiger partial charge in [0, 0.05) is 6.54 Å². The minimum absolute atomic E-state index is 0.0856. The van der Waals surface area contributed by atoms with Crippen LogP contribution in [0.25, 0.3) is 0 Å². The van der Waals surface area contributed by atoms with Crippen molar-refractivity contribution < 1.29 is 9.66 Å². The average molecular weight is 287 g/mol. The fraction of sp³-hybridized carbons (Fsp3) is 0.200. The van der Waals surface area contributed by atoms with E-state index in [1.54, 1.807) is 19.2 Å². The number of nitrogens with two attached hydrogens (primary N) is 1. The number of hydrogen-bond acceptors (Lipinski definition) is 5. The van der Waals surface area contributed by atoms with Gasteiger partial charge < -0.3 is 15.8 Å². The molecule has 0 unspecified atom stereocenters. The van der Waals surface area contributed by atoms with E-state index in [1.807, 2.05) is 24.3 Å². The van der Waals surface area contributed by atoms with Crippen molar-refractivity contribution in [2.24, 2.45) is 0 Å². The van der Waals surface area contributed by atoms with Crippen molar-refractivity contribution in [2.45, 2.75) is 6.42 Å². The van der Waals surface area contributed by atoms with Gasteiger partial charge in [0.25, 0.3) is 0 Å². The van der Waals surface area contributed by atoms with Crippen molar-refractivity contribution in [1.82, 2.24) is 0 Å². The fourth-order valence-electron chi connectivity index (χ4n) is 2.15. The summed E-state index contributed by atoms with van der Waals surface area (Å²) in [6, 6.07) is 12.5. The van der Waals surface area contributed by atoms with Gasteiger partial charge in [-0.3, -0.25) is 10.1 Å². The molecule has 2 aromatic carbocycles. The van der Waals surface area contributed by atoms with E-state index in [0.29, 0.717) is 18.7 Å². The molecule has 0 aliphatic rings. The molecule has 0 saturated carbocycles. The number of nitro groups is 1. The fourth-order valence-corrected chi connectivity index (χ4v) is 2.15. The van der Waals surface area contributed by atoms with Crippen LogP contribution in [-0.4, -0.2) is 18.6 Å². The Kier molecular flexibility index (Phi) is 4.61. The Bertz CT molecular complexity index is 644. The van der Waals surface area contributed by atoms with Crippen LogP contribution >= 0.6 is 0 Å². The number of benzene rings is 2. The molecular weight excluding hydrogens is 270 g/mol. The highest BCUT2D eigenvalue weighted by atomic mass is 16.6. The van der Waals surface area contributed by atoms with Crippen molar-refractivity contribution in [3.63, 3.8) is 0 Å². The molecule has 3 N–H and O–H groups in total. The number of rotatable bonds is 6. The van der Waals surface area contributed by atoms with E-state index in [1.165, 1.54) is 6.07 Å². The third-order valence-electron chi connectivity index (χ3n) is 3.15. The minimum Gasteiger partial charge on any atom is -0.496 e. The number of para-hydroxylation sites is 2. The quantitative estimate of drug-likeness (QED) is 0.484. The molecule has 0 aliphatic carbocycles. The molecule has 21 heavy (non-hydrogen) atoms. The Labute approximate surface area is 122 Å². The van der Waals surface area contributed by atoms with Crippen molar-refractivity contribution in [2.75, 3.05) is 24.7 Å². The van der Waals surface area contributed by atoms with Gasteiger partial charge in [-0.2, -0.15) is 0 Å². The number of ether oxygens (including phenoxy) is 1. The molecule has 0 heterocycles. The van der Waals surface area contributed by atoms with Gasteiger partial charge >= 0.3 is 5.69 Å². The molecule has 6 heteroatoms. The summed E-state index contributed by atoms with van der Waals surface area (Å²) in [7, 11) is 1.62. The van der Waals surface area contributed by atoms with E-state index >= 15 is 0 Å². The maximum Gasteiger partial charge on any atom is 0.314 e. The topological polar surface area (TPSA) is 90.4 Å². The van der Waals surface area contributed by atoms with Gasteiger partial charge in [-0.05, 0) is 30.2 Å². The van der Waals surface area contributed by atoms with Gasteiger partial charge in [-0.15, -0.1) is 0 Å². The van der Waals surface area contributed by atoms with E-state index in [0.717, 1.165) is 11.3 Å². The van der Waals surface area contributed by atoms with Crippen LogP contribution in [0.3, 0.4) is 0 Å². The standard InChI is InChI=1S/C15H17N3O3/c1-21-14-8-3-2-5-11(14)9-10-17-13-7-4-6-12(16)15(13)18(19)20/h2-8,17H,9-10,16H2,1H3. The first-order chi connectivity index (χ1) is 10.1. The van der Waals surface area contributed by atoms with Crippen LogP contribution < -0.4 is 15.8 Å². The van der Waals surface area contributed by atoms with Crippen LogP contribution in [0.5, 0.6) is 5.75 Å². The van der Waals surface area contributed by atoms with Crippen LogP contribution in [0.1, 0.15) is 5.56 Å². The maximum atomic E-state index is 11.0. The third-order valence-corrected chi connectivity index (χ3v) is 3.15. The monoisotopic (exact) mass is 287 g/mol. The Morgan fingerprint density at radius 2 is 2.00 bits per heavy atom. The van der Waals surface area contributed by atoms with E-state index in [2.05, 4.69) is 5.32 Å². The summed E-state index contributed by atoms with van der Waals surface area (Å²) >= 11 is 0. The highest BCUT2D eigenvalue weighted by molar-refractivity contribution is 5.74. The number of nitrogen functional groups attached to an aromatic ring is 1. The number of nitrogens with zero attached hydrogens (tertiary/aromatic N) is 1. The Hall–Kier alpha value is -2.76. The zero-order chi connectivity index (χ0) is 15.2. The Balaban J connectivity index is 2.07. The first-order valence-corrected chi connectivity index (χ1v) is 6.52. The molecule has 0 aliphatic heterocycles. The molecule has 0 saturated heterocycles. The summed E-state index contributed by atoms with van der Waals surface area (Å²) in [5.41, 5.74) is 7.19. The van der Waals surface area contributed by atoms with Gasteiger partial charge in [0.2, 0.25) is 0 Å². The Morgan fingerprint density at radius 3 is 2.71 bits per heavy atom. The van der Waals surface area contributed by atoms with Crippen LogP contribution in [0.2, 0.25) is 0 Å². The van der Waals surface area contributed by atoms with Gasteiger partial charge in [0.05, 0.1) is 12.0 Å². The second-order valence-electron chi connectivity index (χ2n) is 4.49. The molecule has 0 atom stereocenters. The molecule has 0 fully saturated rings. The number of anilines is 2. The van der Waals surface area contributed by atoms with E-state index in [-0.39, 0.29) is 11.4 Å². The summed E-state index contributed by atoms with van der Waals surface area (Å²) < 4.78 is 5.27. The number of nitro benzene ring substituents is 1. The van der Waals surface area contributed by atoms with Crippen LogP contribution in [0.15, 0.2) is 42.5 Å². The summed E-state index contributed by atoms with van der Waals surface area (Å²) in [6.07, 6.45) is 0.690. The van der Waals surface area contributed by atoms with Crippen LogP contribution in [-0.2, 0) is 6.42 Å². The van der Waals surface area contributed by atoms with E-state index < -0.39 is 4.92 Å². The molecule has 0 radical (unpaired) electrons. The highest BCUT2D eigenvalue weighted by Gasteiger charge is 2.17. The lowest BCUT2D eigenvalue weighted by Crippen LogP contribution is -2.08. The second kappa shape index (κ2) is 6.60. The first kappa shape index (κ1) is 14.6. The van der Waals surface area contributed by atoms with Crippen molar-refractivity contribution in [3.05, 3.63) is 58.1 Å². The van der Waals surface area contributed by atoms with E-state index in [4.69, 9.17) is 10.5 Å². The molecular formula is C15H17N3O3. The maximum absolute atomic E-state index is 11.0. The summed E-state index contributed by atoms with van der Waals surface area (Å²) in [5.74, 6) is 0.807. The molecule has 0 aromatic heterocycles. The third kappa shape index (κ3) is 3.42. The lowest BCUT2D eigenvalue weighted by molar-refractivity contribution is -0.383. The SMILES string of the molecule is COc1ccccc1CCNc1cccc(N)c1[N+](=O)[O-]. The van der Waals surface area contributed by atoms with Gasteiger partial charge in [0.15, 0.2) is 0 Å². The molecule has 0 spiro atoms. The number of nitrogens with one attached hydrogen (secondary N) is 1. The minimum atomic E-state index is -0.471. The lowest BCUT2D eigenvalue weighted by atomic mass is 10.1. The predicted octanol–water partition coefficient (Wildman–Crippen LogP) is 2.84. The molecule has 6 nitrogen and oxygen atoms in total. The zero-order valence-corrected chi connectivity index (χ0v) is 11.7. The van der Waals surface area contributed by atoms with Crippen LogP contribution in [0, 0.1) is 10.1 Å². The zero-order valence-electron chi connectivity index (χ0n) is 11.7. The molecule has 0 bridgehead atoms. The van der Waals surface area contributed by atoms with E-state index in [9.17, 15) is 10.1 Å².